The standard InChI is InChI=1S/C21H24N2O2S/c1-22-12-13-23(2)21(24)20-18(17-10-6-7-11-19(17)25-20)15-26-14-16-8-4-3-5-9-16/h3-11,22H,12-15H2,1-2H3. The summed E-state index contributed by atoms with van der Waals surface area (Å²) in [6.45, 7) is 1.39. The number of furan rings is 1. The number of nitrogens with zero attached hydrogens (tertiary/aromatic N) is 1. The van der Waals surface area contributed by atoms with Crippen molar-refractivity contribution in [2.45, 2.75) is 11.5 Å². The van der Waals surface area contributed by atoms with E-state index >= 15 is 0 Å². The molecule has 0 fully saturated rings. The summed E-state index contributed by atoms with van der Waals surface area (Å²) < 4.78 is 5.94. The van der Waals surface area contributed by atoms with Crippen molar-refractivity contribution in [1.82, 2.24) is 10.2 Å². The molecule has 0 saturated heterocycles. The second-order valence-corrected chi connectivity index (χ2v) is 7.20. The van der Waals surface area contributed by atoms with Gasteiger partial charge in [-0.25, -0.2) is 0 Å². The number of hydrogen-bond donors (Lipinski definition) is 1. The Morgan fingerprint density at radius 3 is 2.58 bits per heavy atom. The Kier molecular flexibility index (Phi) is 6.36. The fourth-order valence-electron chi connectivity index (χ4n) is 2.81. The predicted molar refractivity (Wildman–Crippen MR) is 109 cm³/mol. The molecule has 0 atom stereocenters. The Bertz CT molecular complexity index is 861. The number of fused-ring (bicyclic) bond motifs is 1. The number of likely N-dealkylation sites (N-methyl/N-ethyl adjacent to an activating group) is 2. The largest absolute Gasteiger partial charge is 0.451 e. The number of para-hydroxylation sites is 1. The van der Waals surface area contributed by atoms with Crippen molar-refractivity contribution in [2.75, 3.05) is 27.2 Å². The zero-order valence-corrected chi connectivity index (χ0v) is 16.0. The van der Waals surface area contributed by atoms with Crippen LogP contribution < -0.4 is 5.32 Å². The van der Waals surface area contributed by atoms with Crippen LogP contribution >= 0.6 is 11.8 Å². The minimum atomic E-state index is -0.0632. The van der Waals surface area contributed by atoms with Crippen molar-refractivity contribution in [3.05, 3.63) is 71.5 Å². The molecule has 2 aromatic carbocycles. The quantitative estimate of drug-likeness (QED) is 0.648. The van der Waals surface area contributed by atoms with E-state index in [0.29, 0.717) is 12.3 Å². The maximum atomic E-state index is 12.9. The molecule has 1 N–H and O–H groups in total. The zero-order valence-electron chi connectivity index (χ0n) is 15.2. The first-order valence-corrected chi connectivity index (χ1v) is 9.88. The first-order valence-electron chi connectivity index (χ1n) is 8.73. The smallest absolute Gasteiger partial charge is 0.289 e. The molecule has 0 saturated carbocycles. The van der Waals surface area contributed by atoms with Gasteiger partial charge in [-0.1, -0.05) is 48.5 Å². The molecule has 0 aliphatic carbocycles. The Morgan fingerprint density at radius 1 is 1.08 bits per heavy atom. The summed E-state index contributed by atoms with van der Waals surface area (Å²) in [6.07, 6.45) is 0. The third-order valence-corrected chi connectivity index (χ3v) is 5.32. The summed E-state index contributed by atoms with van der Waals surface area (Å²) in [6, 6.07) is 18.2. The van der Waals surface area contributed by atoms with Gasteiger partial charge in [0.25, 0.3) is 5.91 Å². The lowest BCUT2D eigenvalue weighted by atomic mass is 10.1. The van der Waals surface area contributed by atoms with Crippen molar-refractivity contribution >= 4 is 28.6 Å². The van der Waals surface area contributed by atoms with Crippen molar-refractivity contribution in [1.29, 1.82) is 0 Å². The van der Waals surface area contributed by atoms with Gasteiger partial charge < -0.3 is 14.6 Å². The average Bonchev–Trinajstić information content (AvgIpc) is 3.05. The first kappa shape index (κ1) is 18.5. The van der Waals surface area contributed by atoms with Crippen LogP contribution in [-0.2, 0) is 11.5 Å². The van der Waals surface area contributed by atoms with E-state index in [1.165, 1.54) is 5.56 Å². The van der Waals surface area contributed by atoms with Crippen LogP contribution in [0, 0.1) is 0 Å². The Morgan fingerprint density at radius 2 is 1.81 bits per heavy atom. The molecule has 3 aromatic rings. The van der Waals surface area contributed by atoms with Crippen molar-refractivity contribution in [3.63, 3.8) is 0 Å². The SMILES string of the molecule is CNCCN(C)C(=O)c1oc2ccccc2c1CSCc1ccccc1. The van der Waals surface area contributed by atoms with Gasteiger partial charge in [0.05, 0.1) is 0 Å². The van der Waals surface area contributed by atoms with Gasteiger partial charge in [0, 0.05) is 42.6 Å². The van der Waals surface area contributed by atoms with Gasteiger partial charge in [-0.05, 0) is 18.7 Å². The lowest BCUT2D eigenvalue weighted by molar-refractivity contribution is 0.0766. The van der Waals surface area contributed by atoms with Crippen LogP contribution in [0.2, 0.25) is 0 Å². The number of hydrogen-bond acceptors (Lipinski definition) is 4. The predicted octanol–water partition coefficient (Wildman–Crippen LogP) is 4.16. The molecule has 0 spiro atoms. The van der Waals surface area contributed by atoms with E-state index in [1.54, 1.807) is 16.7 Å². The van der Waals surface area contributed by atoms with Crippen LogP contribution in [0.5, 0.6) is 0 Å². The molecule has 0 unspecified atom stereocenters. The van der Waals surface area contributed by atoms with E-state index in [4.69, 9.17) is 4.42 Å². The molecular weight excluding hydrogens is 344 g/mol. The number of nitrogens with one attached hydrogen (secondary N) is 1. The maximum absolute atomic E-state index is 12.9. The fraction of sp³-hybridized carbons (Fsp3) is 0.286. The first-order chi connectivity index (χ1) is 12.7. The highest BCUT2D eigenvalue weighted by Crippen LogP contribution is 2.31. The van der Waals surface area contributed by atoms with E-state index in [1.807, 2.05) is 44.4 Å². The fourth-order valence-corrected chi connectivity index (χ4v) is 3.84. The van der Waals surface area contributed by atoms with E-state index in [9.17, 15) is 4.79 Å². The Balaban J connectivity index is 1.81. The van der Waals surface area contributed by atoms with Gasteiger partial charge >= 0.3 is 0 Å². The summed E-state index contributed by atoms with van der Waals surface area (Å²) in [7, 11) is 3.69. The second-order valence-electron chi connectivity index (χ2n) is 6.21. The van der Waals surface area contributed by atoms with Crippen LogP contribution in [0.25, 0.3) is 11.0 Å². The number of thioether (sulfide) groups is 1. The molecule has 26 heavy (non-hydrogen) atoms. The molecule has 3 rings (SSSR count). The average molecular weight is 369 g/mol. The monoisotopic (exact) mass is 368 g/mol. The van der Waals surface area contributed by atoms with Gasteiger partial charge in [0.2, 0.25) is 0 Å². The van der Waals surface area contributed by atoms with Crippen molar-refractivity contribution in [2.24, 2.45) is 0 Å². The van der Waals surface area contributed by atoms with Crippen molar-refractivity contribution < 1.29 is 9.21 Å². The van der Waals surface area contributed by atoms with E-state index in [0.717, 1.165) is 34.6 Å². The van der Waals surface area contributed by atoms with Gasteiger partial charge in [0.15, 0.2) is 5.76 Å². The molecule has 136 valence electrons. The van der Waals surface area contributed by atoms with Gasteiger partial charge in [0.1, 0.15) is 5.58 Å². The topological polar surface area (TPSA) is 45.5 Å². The van der Waals surface area contributed by atoms with Crippen LogP contribution in [0.4, 0.5) is 0 Å². The molecule has 4 nitrogen and oxygen atoms in total. The summed E-state index contributed by atoms with van der Waals surface area (Å²) in [5.41, 5.74) is 3.04. The molecule has 5 heteroatoms. The third kappa shape index (κ3) is 4.29. The highest BCUT2D eigenvalue weighted by atomic mass is 32.2. The lowest BCUT2D eigenvalue weighted by Gasteiger charge is -2.16. The number of carbonyl (C=O) groups excluding carboxylic acids is 1. The van der Waals surface area contributed by atoms with E-state index in [2.05, 4.69) is 29.6 Å². The Labute approximate surface area is 158 Å². The number of rotatable bonds is 8. The van der Waals surface area contributed by atoms with Crippen LogP contribution in [0.15, 0.2) is 59.0 Å². The van der Waals surface area contributed by atoms with E-state index < -0.39 is 0 Å². The second kappa shape index (κ2) is 8.92. The summed E-state index contributed by atoms with van der Waals surface area (Å²) in [5, 5.41) is 4.10. The number of carbonyl (C=O) groups is 1. The van der Waals surface area contributed by atoms with Crippen LogP contribution in [-0.4, -0.2) is 38.0 Å². The van der Waals surface area contributed by atoms with Gasteiger partial charge in [-0.3, -0.25) is 4.79 Å². The van der Waals surface area contributed by atoms with Crippen LogP contribution in [0.1, 0.15) is 21.7 Å². The van der Waals surface area contributed by atoms with Crippen molar-refractivity contribution in [3.8, 4) is 0 Å². The molecule has 0 aliphatic heterocycles. The molecule has 0 radical (unpaired) electrons. The normalized spacial score (nSPS) is 11.0. The zero-order chi connectivity index (χ0) is 18.4. The third-order valence-electron chi connectivity index (χ3n) is 4.29. The lowest BCUT2D eigenvalue weighted by Crippen LogP contribution is -2.33. The molecular formula is C21H24N2O2S. The number of benzene rings is 2. The highest BCUT2D eigenvalue weighted by molar-refractivity contribution is 7.97. The molecule has 0 aliphatic rings. The highest BCUT2D eigenvalue weighted by Gasteiger charge is 2.23. The Hall–Kier alpha value is -2.24. The summed E-state index contributed by atoms with van der Waals surface area (Å²) >= 11 is 1.80. The van der Waals surface area contributed by atoms with Crippen LogP contribution in [0.3, 0.4) is 0 Å². The molecule has 0 bridgehead atoms. The maximum Gasteiger partial charge on any atom is 0.289 e. The van der Waals surface area contributed by atoms with E-state index in [-0.39, 0.29) is 5.91 Å². The number of amides is 1. The van der Waals surface area contributed by atoms with Gasteiger partial charge in [-0.2, -0.15) is 11.8 Å². The minimum absolute atomic E-state index is 0.0632. The minimum Gasteiger partial charge on any atom is -0.451 e. The molecule has 1 heterocycles. The molecule has 1 aromatic heterocycles. The summed E-state index contributed by atoms with van der Waals surface area (Å²) in [4.78, 5) is 14.6. The molecule has 1 amide bonds. The summed E-state index contributed by atoms with van der Waals surface area (Å²) in [5.74, 6) is 2.05. The van der Waals surface area contributed by atoms with Gasteiger partial charge in [-0.15, -0.1) is 0 Å².